The minimum Gasteiger partial charge on any atom is -0.461 e. The van der Waals surface area contributed by atoms with E-state index in [2.05, 4.69) is 12.1 Å². The Labute approximate surface area is 88.8 Å². The Bertz CT molecular complexity index is 419. The first-order valence-corrected chi connectivity index (χ1v) is 5.50. The number of ether oxygens (including phenoxy) is 1. The lowest BCUT2D eigenvalue weighted by atomic mass is 9.97. The second kappa shape index (κ2) is 3.70. The van der Waals surface area contributed by atoms with Crippen LogP contribution < -0.4 is 0 Å². The van der Waals surface area contributed by atoms with E-state index in [4.69, 9.17) is 9.15 Å². The summed E-state index contributed by atoms with van der Waals surface area (Å²) in [6.07, 6.45) is 2.17. The van der Waals surface area contributed by atoms with Crippen LogP contribution in [0, 0.1) is 0 Å². The highest BCUT2D eigenvalue weighted by Gasteiger charge is 2.19. The van der Waals surface area contributed by atoms with Gasteiger partial charge in [0.05, 0.1) is 0 Å². The van der Waals surface area contributed by atoms with Gasteiger partial charge < -0.3 is 9.15 Å². The van der Waals surface area contributed by atoms with Gasteiger partial charge in [0.15, 0.2) is 0 Å². The van der Waals surface area contributed by atoms with E-state index in [9.17, 15) is 0 Å². The van der Waals surface area contributed by atoms with Gasteiger partial charge in [0, 0.05) is 24.5 Å². The normalized spacial score (nSPS) is 18.4. The second-order valence-corrected chi connectivity index (χ2v) is 4.07. The fourth-order valence-electron chi connectivity index (χ4n) is 2.19. The van der Waals surface area contributed by atoms with Gasteiger partial charge in [0.2, 0.25) is 0 Å². The molecule has 1 fully saturated rings. The van der Waals surface area contributed by atoms with E-state index in [1.54, 1.807) is 0 Å². The molecule has 0 saturated carbocycles. The highest BCUT2D eigenvalue weighted by atomic mass is 16.5. The molecule has 0 bridgehead atoms. The number of benzene rings is 1. The summed E-state index contributed by atoms with van der Waals surface area (Å²) in [5.41, 5.74) is 0.999. The van der Waals surface area contributed by atoms with Crippen LogP contribution in [0.25, 0.3) is 11.0 Å². The average molecular weight is 202 g/mol. The minimum atomic E-state index is 0.547. The largest absolute Gasteiger partial charge is 0.461 e. The van der Waals surface area contributed by atoms with Crippen molar-refractivity contribution in [3.05, 3.63) is 36.1 Å². The molecule has 1 aliphatic heterocycles. The summed E-state index contributed by atoms with van der Waals surface area (Å²) in [5, 5.41) is 1.21. The third kappa shape index (κ3) is 1.65. The molecule has 1 aromatic heterocycles. The van der Waals surface area contributed by atoms with Gasteiger partial charge in [-0.05, 0) is 25.0 Å². The zero-order chi connectivity index (χ0) is 10.1. The fourth-order valence-corrected chi connectivity index (χ4v) is 2.19. The maximum atomic E-state index is 5.85. The highest BCUT2D eigenvalue weighted by Crippen LogP contribution is 2.31. The van der Waals surface area contributed by atoms with Gasteiger partial charge >= 0.3 is 0 Å². The summed E-state index contributed by atoms with van der Waals surface area (Å²) in [7, 11) is 0. The average Bonchev–Trinajstić information content (AvgIpc) is 2.74. The second-order valence-electron chi connectivity index (χ2n) is 4.07. The Morgan fingerprint density at radius 2 is 1.87 bits per heavy atom. The van der Waals surface area contributed by atoms with Crippen LogP contribution in [0.5, 0.6) is 0 Å². The lowest BCUT2D eigenvalue weighted by Gasteiger charge is -2.19. The zero-order valence-corrected chi connectivity index (χ0v) is 8.61. The molecule has 3 rings (SSSR count). The van der Waals surface area contributed by atoms with Crippen molar-refractivity contribution in [2.75, 3.05) is 13.2 Å². The number of fused-ring (bicyclic) bond motifs is 1. The number of furan rings is 1. The Morgan fingerprint density at radius 1 is 1.07 bits per heavy atom. The molecule has 0 aliphatic carbocycles. The Balaban J connectivity index is 1.96. The molecule has 0 spiro atoms. The summed E-state index contributed by atoms with van der Waals surface area (Å²) in [4.78, 5) is 0. The third-order valence-corrected chi connectivity index (χ3v) is 3.07. The van der Waals surface area contributed by atoms with Crippen molar-refractivity contribution in [1.29, 1.82) is 0 Å². The molecule has 1 aliphatic rings. The van der Waals surface area contributed by atoms with Gasteiger partial charge in [0.1, 0.15) is 11.3 Å². The Morgan fingerprint density at radius 3 is 2.67 bits per heavy atom. The Kier molecular flexibility index (Phi) is 2.22. The monoisotopic (exact) mass is 202 g/mol. The van der Waals surface area contributed by atoms with E-state index in [0.717, 1.165) is 37.4 Å². The predicted octanol–water partition coefficient (Wildman–Crippen LogP) is 3.33. The van der Waals surface area contributed by atoms with E-state index in [1.807, 2.05) is 18.2 Å². The molecular weight excluding hydrogens is 188 g/mol. The quantitative estimate of drug-likeness (QED) is 0.707. The Hall–Kier alpha value is -1.28. The predicted molar refractivity (Wildman–Crippen MR) is 59.0 cm³/mol. The van der Waals surface area contributed by atoms with Crippen LogP contribution in [-0.4, -0.2) is 13.2 Å². The lowest BCUT2D eigenvalue weighted by molar-refractivity contribution is 0.0810. The summed E-state index contributed by atoms with van der Waals surface area (Å²) in [6, 6.07) is 10.4. The molecule has 0 radical (unpaired) electrons. The maximum Gasteiger partial charge on any atom is 0.134 e. The summed E-state index contributed by atoms with van der Waals surface area (Å²) in [6.45, 7) is 1.73. The lowest BCUT2D eigenvalue weighted by Crippen LogP contribution is -2.13. The van der Waals surface area contributed by atoms with Crippen LogP contribution in [-0.2, 0) is 4.74 Å². The van der Waals surface area contributed by atoms with Crippen molar-refractivity contribution < 1.29 is 9.15 Å². The van der Waals surface area contributed by atoms with Crippen molar-refractivity contribution in [2.45, 2.75) is 18.8 Å². The molecule has 1 saturated heterocycles. The molecule has 0 amide bonds. The molecular formula is C13H14O2. The SMILES string of the molecule is c1ccc2oc(C3CCOCC3)cc2c1. The van der Waals surface area contributed by atoms with Crippen LogP contribution in [0.2, 0.25) is 0 Å². The van der Waals surface area contributed by atoms with Crippen LogP contribution in [0.4, 0.5) is 0 Å². The molecule has 1 aromatic carbocycles. The summed E-state index contributed by atoms with van der Waals surface area (Å²) < 4.78 is 11.2. The van der Waals surface area contributed by atoms with E-state index in [-0.39, 0.29) is 0 Å². The first kappa shape index (κ1) is 8.98. The van der Waals surface area contributed by atoms with Crippen molar-refractivity contribution in [3.8, 4) is 0 Å². The van der Waals surface area contributed by atoms with E-state index < -0.39 is 0 Å². The molecule has 2 nitrogen and oxygen atoms in total. The van der Waals surface area contributed by atoms with Crippen LogP contribution in [0.1, 0.15) is 24.5 Å². The van der Waals surface area contributed by atoms with Gasteiger partial charge in [-0.25, -0.2) is 0 Å². The van der Waals surface area contributed by atoms with E-state index >= 15 is 0 Å². The van der Waals surface area contributed by atoms with Crippen LogP contribution >= 0.6 is 0 Å². The maximum absolute atomic E-state index is 5.85. The molecule has 2 aromatic rings. The van der Waals surface area contributed by atoms with Crippen molar-refractivity contribution in [3.63, 3.8) is 0 Å². The van der Waals surface area contributed by atoms with E-state index in [1.165, 1.54) is 5.39 Å². The first-order valence-electron chi connectivity index (χ1n) is 5.50. The van der Waals surface area contributed by atoms with Gasteiger partial charge in [-0.3, -0.25) is 0 Å². The van der Waals surface area contributed by atoms with Crippen molar-refractivity contribution in [1.82, 2.24) is 0 Å². The molecule has 15 heavy (non-hydrogen) atoms. The number of para-hydroxylation sites is 1. The van der Waals surface area contributed by atoms with Gasteiger partial charge in [-0.2, -0.15) is 0 Å². The number of hydrogen-bond donors (Lipinski definition) is 0. The topological polar surface area (TPSA) is 22.4 Å². The van der Waals surface area contributed by atoms with Gasteiger partial charge in [0.25, 0.3) is 0 Å². The molecule has 2 heterocycles. The standard InChI is InChI=1S/C13H14O2/c1-2-4-12-11(3-1)9-13(15-12)10-5-7-14-8-6-10/h1-4,9-10H,5-8H2. The van der Waals surface area contributed by atoms with Gasteiger partial charge in [-0.15, -0.1) is 0 Å². The first-order chi connectivity index (χ1) is 7.43. The molecule has 0 unspecified atom stereocenters. The van der Waals surface area contributed by atoms with Crippen molar-refractivity contribution in [2.24, 2.45) is 0 Å². The smallest absolute Gasteiger partial charge is 0.134 e. The molecule has 78 valence electrons. The fraction of sp³-hybridized carbons (Fsp3) is 0.385. The van der Waals surface area contributed by atoms with E-state index in [0.29, 0.717) is 5.92 Å². The highest BCUT2D eigenvalue weighted by molar-refractivity contribution is 5.77. The molecule has 0 atom stereocenters. The third-order valence-electron chi connectivity index (χ3n) is 3.07. The van der Waals surface area contributed by atoms with Gasteiger partial charge in [-0.1, -0.05) is 18.2 Å². The van der Waals surface area contributed by atoms with Crippen molar-refractivity contribution >= 4 is 11.0 Å². The molecule has 0 N–H and O–H groups in total. The van der Waals surface area contributed by atoms with Crippen LogP contribution in [0.15, 0.2) is 34.7 Å². The zero-order valence-electron chi connectivity index (χ0n) is 8.61. The summed E-state index contributed by atoms with van der Waals surface area (Å²) in [5.74, 6) is 1.67. The minimum absolute atomic E-state index is 0.547. The molecule has 2 heteroatoms. The number of rotatable bonds is 1. The number of hydrogen-bond acceptors (Lipinski definition) is 2. The summed E-state index contributed by atoms with van der Waals surface area (Å²) >= 11 is 0. The van der Waals surface area contributed by atoms with Crippen LogP contribution in [0.3, 0.4) is 0 Å².